The van der Waals surface area contributed by atoms with E-state index in [2.05, 4.69) is 0 Å². The highest BCUT2D eigenvalue weighted by molar-refractivity contribution is 7.89. The molecule has 9 heteroatoms. The lowest BCUT2D eigenvalue weighted by molar-refractivity contribution is -0.137. The minimum atomic E-state index is -3.68. The molecule has 0 bridgehead atoms. The number of hydrogen-bond donors (Lipinski definition) is 1. The zero-order valence-corrected chi connectivity index (χ0v) is 20.2. The molecule has 8 nitrogen and oxygen atoms in total. The molecule has 1 aliphatic rings. The summed E-state index contributed by atoms with van der Waals surface area (Å²) < 4.78 is 35.2. The second kappa shape index (κ2) is 9.23. The van der Waals surface area contributed by atoms with Gasteiger partial charge in [0.15, 0.2) is 5.78 Å². The smallest absolute Gasteiger partial charge is 0.323 e. The summed E-state index contributed by atoms with van der Waals surface area (Å²) in [5, 5.41) is 10.2. The van der Waals surface area contributed by atoms with Crippen LogP contribution >= 0.6 is 0 Å². The van der Waals surface area contributed by atoms with Crippen molar-refractivity contribution < 1.29 is 27.9 Å². The highest BCUT2D eigenvalue weighted by atomic mass is 32.2. The molecule has 1 N–H and O–H groups in total. The average molecular weight is 485 g/mol. The van der Waals surface area contributed by atoms with Crippen LogP contribution in [0.15, 0.2) is 53.6 Å². The molecule has 0 spiro atoms. The molecule has 4 rings (SSSR count). The van der Waals surface area contributed by atoms with Crippen molar-refractivity contribution in [1.82, 2.24) is 8.87 Å². The quantitative estimate of drug-likeness (QED) is 0.486. The molecular weight excluding hydrogens is 456 g/mol. The summed E-state index contributed by atoms with van der Waals surface area (Å²) in [4.78, 5) is 23.5. The van der Waals surface area contributed by atoms with Crippen LogP contribution in [0.1, 0.15) is 49.0 Å². The first-order valence-electron chi connectivity index (χ1n) is 11.2. The Hall–Kier alpha value is -3.17. The molecule has 3 aromatic rings. The number of ketones is 1. The molecule has 180 valence electrons. The SMILES string of the molecule is CC(=O)c1ccc2c(C3CCN(S(=O)(=O)c4ccc(OC(C)C)cc4)C3)cn(CC(=O)O)c2c1. The lowest BCUT2D eigenvalue weighted by Gasteiger charge is -2.17. The van der Waals surface area contributed by atoms with E-state index in [0.29, 0.717) is 36.3 Å². The standard InChI is InChI=1S/C25H28N2O6S/c1-16(2)33-20-5-7-21(8-6-20)34(31,32)27-11-10-19(13-27)23-14-26(15-25(29)30)24-12-18(17(3)28)4-9-22(23)24/h4-9,12,14,16,19H,10-11,13,15H2,1-3H3,(H,29,30). The second-order valence-corrected chi connectivity index (χ2v) is 10.8. The largest absolute Gasteiger partial charge is 0.491 e. The monoisotopic (exact) mass is 484 g/mol. The van der Waals surface area contributed by atoms with Crippen molar-refractivity contribution in [2.75, 3.05) is 13.1 Å². The van der Waals surface area contributed by atoms with Crippen LogP contribution in [0.3, 0.4) is 0 Å². The van der Waals surface area contributed by atoms with Crippen LogP contribution in [0.5, 0.6) is 5.75 Å². The van der Waals surface area contributed by atoms with Crippen molar-refractivity contribution in [2.45, 2.75) is 50.7 Å². The third-order valence-electron chi connectivity index (χ3n) is 6.05. The number of nitrogens with zero attached hydrogens (tertiary/aromatic N) is 2. The lowest BCUT2D eigenvalue weighted by atomic mass is 9.97. The Morgan fingerprint density at radius 1 is 1.15 bits per heavy atom. The average Bonchev–Trinajstić information content (AvgIpc) is 3.39. The van der Waals surface area contributed by atoms with E-state index in [-0.39, 0.29) is 29.2 Å². The first-order chi connectivity index (χ1) is 16.1. The van der Waals surface area contributed by atoms with Crippen LogP contribution in [0, 0.1) is 0 Å². The highest BCUT2D eigenvalue weighted by Gasteiger charge is 2.34. The molecule has 34 heavy (non-hydrogen) atoms. The number of benzene rings is 2. The molecule has 1 saturated heterocycles. The van der Waals surface area contributed by atoms with Gasteiger partial charge < -0.3 is 14.4 Å². The fraction of sp³-hybridized carbons (Fsp3) is 0.360. The molecule has 1 unspecified atom stereocenters. The Labute approximate surface area is 198 Å². The van der Waals surface area contributed by atoms with Gasteiger partial charge in [0.05, 0.1) is 11.0 Å². The molecule has 1 aliphatic heterocycles. The van der Waals surface area contributed by atoms with E-state index in [4.69, 9.17) is 4.74 Å². The van der Waals surface area contributed by atoms with E-state index in [1.54, 1.807) is 47.2 Å². The summed E-state index contributed by atoms with van der Waals surface area (Å²) in [5.41, 5.74) is 2.06. The van der Waals surface area contributed by atoms with Gasteiger partial charge in [-0.1, -0.05) is 12.1 Å². The first kappa shape index (κ1) is 24.0. The maximum absolute atomic E-state index is 13.2. The molecule has 2 heterocycles. The molecular formula is C25H28N2O6S. The number of Topliss-reactive ketones (excluding diaryl/α,β-unsaturated/α-hetero) is 1. The number of sulfonamides is 1. The zero-order chi connectivity index (χ0) is 24.6. The Morgan fingerprint density at radius 3 is 2.47 bits per heavy atom. The van der Waals surface area contributed by atoms with Gasteiger partial charge in [-0.15, -0.1) is 0 Å². The van der Waals surface area contributed by atoms with Crippen LogP contribution in [0.4, 0.5) is 0 Å². The number of aliphatic carboxylic acids is 1. The Kier molecular flexibility index (Phi) is 6.51. The molecule has 1 aromatic heterocycles. The molecule has 0 aliphatic carbocycles. The maximum atomic E-state index is 13.2. The number of carbonyl (C=O) groups is 2. The normalized spacial score (nSPS) is 16.9. The first-order valence-corrected chi connectivity index (χ1v) is 12.6. The van der Waals surface area contributed by atoms with Crippen molar-refractivity contribution in [3.63, 3.8) is 0 Å². The van der Waals surface area contributed by atoms with Crippen LogP contribution in [0.25, 0.3) is 10.9 Å². The van der Waals surface area contributed by atoms with Gasteiger partial charge in [0.2, 0.25) is 10.0 Å². The Balaban J connectivity index is 1.62. The maximum Gasteiger partial charge on any atom is 0.323 e. The van der Waals surface area contributed by atoms with Gasteiger partial charge in [0.25, 0.3) is 0 Å². The highest BCUT2D eigenvalue weighted by Crippen LogP contribution is 2.36. The van der Waals surface area contributed by atoms with E-state index < -0.39 is 16.0 Å². The summed E-state index contributed by atoms with van der Waals surface area (Å²) in [6.45, 7) is 5.71. The van der Waals surface area contributed by atoms with E-state index in [1.807, 2.05) is 19.9 Å². The molecule has 1 atom stereocenters. The van der Waals surface area contributed by atoms with E-state index in [9.17, 15) is 23.1 Å². The van der Waals surface area contributed by atoms with E-state index >= 15 is 0 Å². The molecule has 1 fully saturated rings. The number of carboxylic acids is 1. The van der Waals surface area contributed by atoms with Crippen molar-refractivity contribution in [3.8, 4) is 5.75 Å². The van der Waals surface area contributed by atoms with E-state index in [1.165, 1.54) is 11.2 Å². The zero-order valence-electron chi connectivity index (χ0n) is 19.4. The predicted octanol–water partition coefficient (Wildman–Crippen LogP) is 3.89. The van der Waals surface area contributed by atoms with Gasteiger partial charge in [-0.25, -0.2) is 8.42 Å². The fourth-order valence-electron chi connectivity index (χ4n) is 4.45. The lowest BCUT2D eigenvalue weighted by Crippen LogP contribution is -2.28. The van der Waals surface area contributed by atoms with Crippen molar-refractivity contribution >= 4 is 32.7 Å². The van der Waals surface area contributed by atoms with Gasteiger partial charge in [-0.2, -0.15) is 4.31 Å². The van der Waals surface area contributed by atoms with Crippen LogP contribution in [0.2, 0.25) is 0 Å². The minimum Gasteiger partial charge on any atom is -0.491 e. The fourth-order valence-corrected chi connectivity index (χ4v) is 5.95. The number of fused-ring (bicyclic) bond motifs is 1. The third kappa shape index (κ3) is 4.71. The van der Waals surface area contributed by atoms with Crippen molar-refractivity contribution in [3.05, 3.63) is 59.8 Å². The summed E-state index contributed by atoms with van der Waals surface area (Å²) in [7, 11) is -3.68. The summed E-state index contributed by atoms with van der Waals surface area (Å²) in [5.74, 6) is -0.560. The van der Waals surface area contributed by atoms with E-state index in [0.717, 1.165) is 10.9 Å². The molecule has 0 saturated carbocycles. The number of hydrogen-bond acceptors (Lipinski definition) is 5. The number of carboxylic acid groups (broad SMARTS) is 1. The second-order valence-electron chi connectivity index (χ2n) is 8.88. The summed E-state index contributed by atoms with van der Waals surface area (Å²) in [6.07, 6.45) is 2.40. The predicted molar refractivity (Wildman–Crippen MR) is 128 cm³/mol. The Morgan fingerprint density at radius 2 is 1.85 bits per heavy atom. The van der Waals surface area contributed by atoms with Crippen molar-refractivity contribution in [2.24, 2.45) is 0 Å². The van der Waals surface area contributed by atoms with Crippen LogP contribution in [-0.4, -0.2) is 53.3 Å². The minimum absolute atomic E-state index is 0.00317. The number of carbonyl (C=O) groups excluding carboxylic acids is 1. The molecule has 0 amide bonds. The van der Waals surface area contributed by atoms with Gasteiger partial charge >= 0.3 is 5.97 Å². The van der Waals surface area contributed by atoms with Crippen LogP contribution in [-0.2, 0) is 21.4 Å². The number of aromatic nitrogens is 1. The summed E-state index contributed by atoms with van der Waals surface area (Å²) >= 11 is 0. The Bertz CT molecular complexity index is 1340. The van der Waals surface area contributed by atoms with Gasteiger partial charge in [-0.3, -0.25) is 9.59 Å². The van der Waals surface area contributed by atoms with Gasteiger partial charge in [0, 0.05) is 41.7 Å². The molecule has 2 aromatic carbocycles. The molecule has 0 radical (unpaired) electrons. The third-order valence-corrected chi connectivity index (χ3v) is 7.93. The number of rotatable bonds is 8. The van der Waals surface area contributed by atoms with Gasteiger partial charge in [-0.05, 0) is 63.1 Å². The topological polar surface area (TPSA) is 106 Å². The van der Waals surface area contributed by atoms with Crippen molar-refractivity contribution in [1.29, 1.82) is 0 Å². The number of ether oxygens (including phenoxy) is 1. The van der Waals surface area contributed by atoms with Gasteiger partial charge in [0.1, 0.15) is 12.3 Å². The summed E-state index contributed by atoms with van der Waals surface area (Å²) in [6, 6.07) is 11.7. The van der Waals surface area contributed by atoms with Crippen LogP contribution < -0.4 is 4.74 Å².